The molecule has 0 unspecified atom stereocenters. The number of piperidine rings is 1. The second-order valence-electron chi connectivity index (χ2n) is 6.99. The molecule has 0 spiro atoms. The molecule has 1 N–H and O–H groups in total. The Bertz CT molecular complexity index is 712. The Morgan fingerprint density at radius 1 is 1.16 bits per heavy atom. The number of carbonyl (C=O) groups excluding carboxylic acids is 1. The minimum absolute atomic E-state index is 0.0129. The summed E-state index contributed by atoms with van der Waals surface area (Å²) in [6.07, 6.45) is 2.60. The van der Waals surface area contributed by atoms with E-state index >= 15 is 0 Å². The van der Waals surface area contributed by atoms with Gasteiger partial charge in [0.25, 0.3) is 5.91 Å². The Balaban J connectivity index is 1.63. The van der Waals surface area contributed by atoms with Crippen molar-refractivity contribution in [2.24, 2.45) is 5.92 Å². The fraction of sp³-hybridized carbons (Fsp3) is 0.381. The van der Waals surface area contributed by atoms with Crippen molar-refractivity contribution in [3.05, 3.63) is 63.2 Å². The first kappa shape index (κ1) is 18.2. The third-order valence-corrected chi connectivity index (χ3v) is 5.59. The lowest BCUT2D eigenvalue weighted by Crippen LogP contribution is -2.34. The molecule has 1 saturated heterocycles. The highest BCUT2D eigenvalue weighted by molar-refractivity contribution is 14.1. The van der Waals surface area contributed by atoms with Gasteiger partial charge in [-0.15, -0.1) is 0 Å². The number of hydrogen-bond donors (Lipinski definition) is 1. The molecule has 2 aromatic carbocycles. The molecule has 2 atom stereocenters. The van der Waals surface area contributed by atoms with Gasteiger partial charge in [-0.25, -0.2) is 0 Å². The first-order valence-corrected chi connectivity index (χ1v) is 10.0. The number of nitrogens with one attached hydrogen (secondary N) is 1. The minimum Gasteiger partial charge on any atom is -0.371 e. The number of nitrogens with zero attached hydrogens (tertiary/aromatic N) is 1. The minimum atomic E-state index is -0.0298. The lowest BCUT2D eigenvalue weighted by atomic mass is 9.99. The molecular weight excluding hydrogens is 423 g/mol. The molecule has 25 heavy (non-hydrogen) atoms. The molecule has 0 bridgehead atoms. The third-order valence-electron chi connectivity index (χ3n) is 4.87. The van der Waals surface area contributed by atoms with Crippen LogP contribution in [0.5, 0.6) is 0 Å². The molecular formula is C21H25IN2O. The highest BCUT2D eigenvalue weighted by Gasteiger charge is 2.17. The monoisotopic (exact) mass is 448 g/mol. The fourth-order valence-corrected chi connectivity index (χ4v) is 3.72. The second kappa shape index (κ2) is 8.21. The smallest absolute Gasteiger partial charge is 0.251 e. The number of amides is 1. The van der Waals surface area contributed by atoms with Crippen LogP contribution in [0, 0.1) is 9.49 Å². The zero-order chi connectivity index (χ0) is 17.8. The predicted molar refractivity (Wildman–Crippen MR) is 112 cm³/mol. The molecule has 3 nitrogen and oxygen atoms in total. The van der Waals surface area contributed by atoms with Crippen LogP contribution >= 0.6 is 22.6 Å². The van der Waals surface area contributed by atoms with Gasteiger partial charge in [0, 0.05) is 27.9 Å². The lowest BCUT2D eigenvalue weighted by Gasteiger charge is -2.33. The van der Waals surface area contributed by atoms with Crippen LogP contribution in [0.3, 0.4) is 0 Å². The normalized spacial score (nSPS) is 18.7. The molecule has 1 aliphatic rings. The maximum absolute atomic E-state index is 12.4. The maximum atomic E-state index is 12.4. The van der Waals surface area contributed by atoms with E-state index in [0.717, 1.165) is 28.1 Å². The van der Waals surface area contributed by atoms with Crippen LogP contribution in [0.4, 0.5) is 5.69 Å². The van der Waals surface area contributed by atoms with E-state index < -0.39 is 0 Å². The van der Waals surface area contributed by atoms with Crippen molar-refractivity contribution in [2.75, 3.05) is 18.0 Å². The van der Waals surface area contributed by atoms with Crippen LogP contribution in [0.1, 0.15) is 48.7 Å². The SMILES string of the molecule is C[C@H]1CCCN(c2ccc([C@H](C)NC(=O)c3ccc(I)cc3)cc2)C1. The van der Waals surface area contributed by atoms with Crippen LogP contribution in [-0.4, -0.2) is 19.0 Å². The zero-order valence-corrected chi connectivity index (χ0v) is 17.0. The van der Waals surface area contributed by atoms with Gasteiger partial charge in [0.05, 0.1) is 6.04 Å². The number of hydrogen-bond acceptors (Lipinski definition) is 2. The summed E-state index contributed by atoms with van der Waals surface area (Å²) >= 11 is 2.24. The van der Waals surface area contributed by atoms with Crippen molar-refractivity contribution in [2.45, 2.75) is 32.7 Å². The predicted octanol–water partition coefficient (Wildman–Crippen LogP) is 5.02. The number of anilines is 1. The molecule has 0 radical (unpaired) electrons. The van der Waals surface area contributed by atoms with Gasteiger partial charge in [-0.1, -0.05) is 19.1 Å². The van der Waals surface area contributed by atoms with E-state index in [-0.39, 0.29) is 11.9 Å². The molecule has 132 valence electrons. The third kappa shape index (κ3) is 4.75. The Morgan fingerprint density at radius 3 is 2.48 bits per heavy atom. The maximum Gasteiger partial charge on any atom is 0.251 e. The van der Waals surface area contributed by atoms with Gasteiger partial charge in [-0.3, -0.25) is 4.79 Å². The topological polar surface area (TPSA) is 32.3 Å². The number of benzene rings is 2. The van der Waals surface area contributed by atoms with Crippen molar-refractivity contribution in [1.29, 1.82) is 0 Å². The summed E-state index contributed by atoms with van der Waals surface area (Å²) in [7, 11) is 0. The average Bonchev–Trinajstić information content (AvgIpc) is 2.62. The van der Waals surface area contributed by atoms with Crippen LogP contribution in [0.15, 0.2) is 48.5 Å². The van der Waals surface area contributed by atoms with Crippen molar-refractivity contribution in [3.63, 3.8) is 0 Å². The van der Waals surface area contributed by atoms with Gasteiger partial charge in [0.15, 0.2) is 0 Å². The molecule has 1 fully saturated rings. The van der Waals surface area contributed by atoms with Crippen LogP contribution < -0.4 is 10.2 Å². The number of halogens is 1. The largest absolute Gasteiger partial charge is 0.371 e. The fourth-order valence-electron chi connectivity index (χ4n) is 3.36. The summed E-state index contributed by atoms with van der Waals surface area (Å²) in [4.78, 5) is 14.8. The molecule has 1 heterocycles. The molecule has 2 aromatic rings. The highest BCUT2D eigenvalue weighted by Crippen LogP contribution is 2.24. The van der Waals surface area contributed by atoms with Gasteiger partial charge < -0.3 is 10.2 Å². The summed E-state index contributed by atoms with van der Waals surface area (Å²) in [6.45, 7) is 6.63. The van der Waals surface area contributed by atoms with E-state index in [4.69, 9.17) is 0 Å². The van der Waals surface area contributed by atoms with Gasteiger partial charge in [0.1, 0.15) is 0 Å². The zero-order valence-electron chi connectivity index (χ0n) is 14.8. The first-order chi connectivity index (χ1) is 12.0. The van der Waals surface area contributed by atoms with Crippen molar-refractivity contribution >= 4 is 34.2 Å². The second-order valence-corrected chi connectivity index (χ2v) is 8.23. The summed E-state index contributed by atoms with van der Waals surface area (Å²) in [5, 5.41) is 3.08. The Morgan fingerprint density at radius 2 is 1.84 bits per heavy atom. The molecule has 0 aliphatic carbocycles. The highest BCUT2D eigenvalue weighted by atomic mass is 127. The molecule has 3 rings (SSSR count). The summed E-state index contributed by atoms with van der Waals surface area (Å²) in [6, 6.07) is 16.3. The van der Waals surface area contributed by atoms with E-state index in [1.54, 1.807) is 0 Å². The standard InChI is InChI=1S/C21H25IN2O/c1-15-4-3-13-24(14-15)20-11-7-17(8-12-20)16(2)23-21(25)18-5-9-19(22)10-6-18/h5-12,15-16H,3-4,13-14H2,1-2H3,(H,23,25)/t15-,16-/m0/s1. The quantitative estimate of drug-likeness (QED) is 0.667. The number of rotatable bonds is 4. The van der Waals surface area contributed by atoms with Crippen molar-refractivity contribution in [3.8, 4) is 0 Å². The molecule has 4 heteroatoms. The lowest BCUT2D eigenvalue weighted by molar-refractivity contribution is 0.0940. The van der Waals surface area contributed by atoms with Crippen molar-refractivity contribution in [1.82, 2.24) is 5.32 Å². The average molecular weight is 448 g/mol. The summed E-state index contributed by atoms with van der Waals surface area (Å²) < 4.78 is 1.13. The first-order valence-electron chi connectivity index (χ1n) is 8.94. The Kier molecular flexibility index (Phi) is 5.99. The van der Waals surface area contributed by atoms with Crippen LogP contribution in [0.2, 0.25) is 0 Å². The van der Waals surface area contributed by atoms with E-state index in [2.05, 4.69) is 64.0 Å². The number of carbonyl (C=O) groups is 1. The van der Waals surface area contributed by atoms with Crippen LogP contribution in [0.25, 0.3) is 0 Å². The van der Waals surface area contributed by atoms with E-state index in [9.17, 15) is 4.79 Å². The van der Waals surface area contributed by atoms with E-state index in [0.29, 0.717) is 5.56 Å². The molecule has 1 aliphatic heterocycles. The Labute approximate surface area is 164 Å². The van der Waals surface area contributed by atoms with Gasteiger partial charge in [0.2, 0.25) is 0 Å². The molecule has 1 amide bonds. The van der Waals surface area contributed by atoms with Crippen molar-refractivity contribution < 1.29 is 4.79 Å². The van der Waals surface area contributed by atoms with E-state index in [1.165, 1.54) is 18.5 Å². The molecule has 0 saturated carbocycles. The van der Waals surface area contributed by atoms with Gasteiger partial charge >= 0.3 is 0 Å². The van der Waals surface area contributed by atoms with Gasteiger partial charge in [-0.2, -0.15) is 0 Å². The Hall–Kier alpha value is -1.56. The molecule has 0 aromatic heterocycles. The summed E-state index contributed by atoms with van der Waals surface area (Å²) in [5.74, 6) is 0.735. The van der Waals surface area contributed by atoms with Crippen LogP contribution in [-0.2, 0) is 0 Å². The van der Waals surface area contributed by atoms with Gasteiger partial charge in [-0.05, 0) is 90.2 Å². The van der Waals surface area contributed by atoms with E-state index in [1.807, 2.05) is 31.2 Å². The summed E-state index contributed by atoms with van der Waals surface area (Å²) in [5.41, 5.74) is 3.12.